The minimum Gasteiger partial charge on any atom is -0.481 e. The van der Waals surface area contributed by atoms with E-state index in [1.54, 1.807) is 0 Å². The average molecular weight is 258 g/mol. The second-order valence-electron chi connectivity index (χ2n) is 4.97. The van der Waals surface area contributed by atoms with E-state index in [1.807, 2.05) is 0 Å². The molecule has 0 heterocycles. The first-order valence-electron chi connectivity index (χ1n) is 7.90. The van der Waals surface area contributed by atoms with Crippen molar-refractivity contribution in [2.24, 2.45) is 0 Å². The molecule has 0 fully saturated rings. The van der Waals surface area contributed by atoms with E-state index in [-0.39, 0.29) is 0 Å². The highest BCUT2D eigenvalue weighted by atomic mass is 16.4. The molecule has 0 aromatic rings. The number of carbonyl (C=O) groups is 1. The number of carboxylic acids is 1. The van der Waals surface area contributed by atoms with Gasteiger partial charge in [-0.25, -0.2) is 0 Å². The predicted octanol–water partition coefficient (Wildman–Crippen LogP) is 5.80. The van der Waals surface area contributed by atoms with Crippen LogP contribution in [-0.4, -0.2) is 11.1 Å². The monoisotopic (exact) mass is 258 g/mol. The molecule has 0 atom stereocenters. The second-order valence-corrected chi connectivity index (χ2v) is 4.97. The van der Waals surface area contributed by atoms with Crippen molar-refractivity contribution in [3.63, 3.8) is 0 Å². The van der Waals surface area contributed by atoms with E-state index < -0.39 is 5.97 Å². The molecule has 1 N–H and O–H groups in total. The van der Waals surface area contributed by atoms with Crippen LogP contribution >= 0.6 is 0 Å². The third-order valence-corrected chi connectivity index (χ3v) is 2.95. The molecule has 0 spiro atoms. The van der Waals surface area contributed by atoms with Crippen LogP contribution in [0.1, 0.15) is 97.8 Å². The Hall–Kier alpha value is -0.530. The molecule has 0 aliphatic carbocycles. The third-order valence-electron chi connectivity index (χ3n) is 2.95. The molecule has 0 aromatic carbocycles. The predicted molar refractivity (Wildman–Crippen MR) is 80.1 cm³/mol. The summed E-state index contributed by atoms with van der Waals surface area (Å²) in [6.45, 7) is 6.67. The summed E-state index contributed by atoms with van der Waals surface area (Å²) >= 11 is 0. The van der Waals surface area contributed by atoms with Crippen molar-refractivity contribution in [1.82, 2.24) is 0 Å². The number of rotatable bonds is 11. The first kappa shape index (κ1) is 19.8. The van der Waals surface area contributed by atoms with Crippen LogP contribution in [0.2, 0.25) is 0 Å². The zero-order valence-electron chi connectivity index (χ0n) is 12.8. The number of aliphatic carboxylic acids is 1. The highest BCUT2D eigenvalue weighted by Gasteiger charge is 1.95. The molecule has 0 aliphatic heterocycles. The van der Waals surface area contributed by atoms with Gasteiger partial charge in [0.2, 0.25) is 0 Å². The van der Waals surface area contributed by atoms with Crippen molar-refractivity contribution >= 4 is 5.97 Å². The van der Waals surface area contributed by atoms with Crippen LogP contribution in [0.25, 0.3) is 0 Å². The van der Waals surface area contributed by atoms with Gasteiger partial charge in [-0.15, -0.1) is 0 Å². The van der Waals surface area contributed by atoms with E-state index in [0.29, 0.717) is 6.42 Å². The molecule has 2 heteroatoms. The van der Waals surface area contributed by atoms with Gasteiger partial charge in [0.25, 0.3) is 0 Å². The van der Waals surface area contributed by atoms with Gasteiger partial charge in [-0.05, 0) is 6.42 Å². The summed E-state index contributed by atoms with van der Waals surface area (Å²) in [7, 11) is 0. The molecule has 0 saturated heterocycles. The van der Waals surface area contributed by atoms with E-state index in [1.165, 1.54) is 57.8 Å². The fourth-order valence-corrected chi connectivity index (χ4v) is 1.73. The molecule has 0 rings (SSSR count). The minimum atomic E-state index is -0.666. The molecule has 2 nitrogen and oxygen atoms in total. The molecular weight excluding hydrogens is 224 g/mol. The molecule has 18 heavy (non-hydrogen) atoms. The van der Waals surface area contributed by atoms with Crippen LogP contribution in [0.15, 0.2) is 0 Å². The Balaban J connectivity index is 0. The highest BCUT2D eigenvalue weighted by molar-refractivity contribution is 5.66. The molecule has 0 unspecified atom stereocenters. The van der Waals surface area contributed by atoms with Gasteiger partial charge in [0.15, 0.2) is 0 Å². The highest BCUT2D eigenvalue weighted by Crippen LogP contribution is 2.06. The van der Waals surface area contributed by atoms with Gasteiger partial charge in [-0.1, -0.05) is 85.0 Å². The van der Waals surface area contributed by atoms with Crippen molar-refractivity contribution in [2.45, 2.75) is 97.8 Å². The topological polar surface area (TPSA) is 37.3 Å². The Kier molecular flexibility index (Phi) is 20.7. The third kappa shape index (κ3) is 24.6. The van der Waals surface area contributed by atoms with Gasteiger partial charge in [-0.2, -0.15) is 0 Å². The summed E-state index contributed by atoms with van der Waals surface area (Å²) in [4.78, 5) is 10.1. The smallest absolute Gasteiger partial charge is 0.303 e. The van der Waals surface area contributed by atoms with Crippen molar-refractivity contribution in [3.05, 3.63) is 0 Å². The lowest BCUT2D eigenvalue weighted by atomic mass is 10.1. The molecular formula is C16H34O2. The summed E-state index contributed by atoms with van der Waals surface area (Å²) in [6.07, 6.45) is 14.3. The maximum Gasteiger partial charge on any atom is 0.303 e. The van der Waals surface area contributed by atoms with Crippen LogP contribution in [-0.2, 0) is 4.79 Å². The first-order chi connectivity index (χ1) is 8.68. The number of hydrogen-bond acceptors (Lipinski definition) is 1. The zero-order valence-corrected chi connectivity index (χ0v) is 12.8. The normalized spacial score (nSPS) is 9.72. The molecule has 110 valence electrons. The van der Waals surface area contributed by atoms with Crippen molar-refractivity contribution in [3.8, 4) is 0 Å². The lowest BCUT2D eigenvalue weighted by Crippen LogP contribution is -1.93. The Labute approximate surface area is 114 Å². The van der Waals surface area contributed by atoms with Gasteiger partial charge < -0.3 is 5.11 Å². The van der Waals surface area contributed by atoms with E-state index in [9.17, 15) is 4.79 Å². The quantitative estimate of drug-likeness (QED) is 0.476. The molecule has 0 saturated carbocycles. The summed E-state index contributed by atoms with van der Waals surface area (Å²) in [5.74, 6) is -0.666. The molecule has 0 amide bonds. The SMILES string of the molecule is CCCCCCC.CCCCCCCCC(=O)O. The minimum absolute atomic E-state index is 0.339. The summed E-state index contributed by atoms with van der Waals surface area (Å²) in [5, 5.41) is 8.32. The number of carboxylic acid groups (broad SMARTS) is 1. The maximum absolute atomic E-state index is 10.1. The van der Waals surface area contributed by atoms with Gasteiger partial charge in [0, 0.05) is 6.42 Å². The van der Waals surface area contributed by atoms with Gasteiger partial charge in [0.1, 0.15) is 0 Å². The Morgan fingerprint density at radius 3 is 1.39 bits per heavy atom. The summed E-state index contributed by atoms with van der Waals surface area (Å²) < 4.78 is 0. The van der Waals surface area contributed by atoms with Crippen molar-refractivity contribution < 1.29 is 9.90 Å². The van der Waals surface area contributed by atoms with Crippen LogP contribution in [0.4, 0.5) is 0 Å². The first-order valence-corrected chi connectivity index (χ1v) is 7.90. The molecule has 0 bridgehead atoms. The molecule has 0 radical (unpaired) electrons. The van der Waals surface area contributed by atoms with Crippen LogP contribution in [0, 0.1) is 0 Å². The molecule has 0 aromatic heterocycles. The summed E-state index contributed by atoms with van der Waals surface area (Å²) in [5.41, 5.74) is 0. The van der Waals surface area contributed by atoms with Gasteiger partial charge >= 0.3 is 5.97 Å². The molecule has 0 aliphatic rings. The van der Waals surface area contributed by atoms with E-state index in [4.69, 9.17) is 5.11 Å². The van der Waals surface area contributed by atoms with E-state index >= 15 is 0 Å². The second kappa shape index (κ2) is 18.8. The van der Waals surface area contributed by atoms with E-state index in [2.05, 4.69) is 20.8 Å². The van der Waals surface area contributed by atoms with Crippen LogP contribution in [0.5, 0.6) is 0 Å². The van der Waals surface area contributed by atoms with Crippen LogP contribution < -0.4 is 0 Å². The Bertz CT molecular complexity index is 151. The van der Waals surface area contributed by atoms with Gasteiger partial charge in [0.05, 0.1) is 0 Å². The Morgan fingerprint density at radius 1 is 0.667 bits per heavy atom. The summed E-state index contributed by atoms with van der Waals surface area (Å²) in [6, 6.07) is 0. The fourth-order valence-electron chi connectivity index (χ4n) is 1.73. The number of hydrogen-bond donors (Lipinski definition) is 1. The zero-order chi connectivity index (χ0) is 14.1. The maximum atomic E-state index is 10.1. The lowest BCUT2D eigenvalue weighted by molar-refractivity contribution is -0.137. The van der Waals surface area contributed by atoms with Crippen molar-refractivity contribution in [1.29, 1.82) is 0 Å². The largest absolute Gasteiger partial charge is 0.481 e. The van der Waals surface area contributed by atoms with E-state index in [0.717, 1.165) is 12.8 Å². The Morgan fingerprint density at radius 2 is 1.00 bits per heavy atom. The van der Waals surface area contributed by atoms with Crippen LogP contribution in [0.3, 0.4) is 0 Å². The van der Waals surface area contributed by atoms with Gasteiger partial charge in [-0.3, -0.25) is 4.79 Å². The average Bonchev–Trinajstić information content (AvgIpc) is 2.35. The number of unbranched alkanes of at least 4 members (excludes halogenated alkanes) is 9. The standard InChI is InChI=1S/C9H18O2.C7H16/c1-2-3-4-5-6-7-8-9(10)11;1-3-5-7-6-4-2/h2-8H2,1H3,(H,10,11);3-7H2,1-2H3. The van der Waals surface area contributed by atoms with Crippen molar-refractivity contribution in [2.75, 3.05) is 0 Å². The fraction of sp³-hybridized carbons (Fsp3) is 0.938. The lowest BCUT2D eigenvalue weighted by Gasteiger charge is -1.97.